The van der Waals surface area contributed by atoms with E-state index in [9.17, 15) is 20.0 Å². The van der Waals surface area contributed by atoms with Crippen LogP contribution in [0.4, 0.5) is 0 Å². The van der Waals surface area contributed by atoms with Gasteiger partial charge in [-0.2, -0.15) is 0 Å². The van der Waals surface area contributed by atoms with Gasteiger partial charge < -0.3 is 21.7 Å². The van der Waals surface area contributed by atoms with E-state index in [1.54, 1.807) is 0 Å². The van der Waals surface area contributed by atoms with Crippen molar-refractivity contribution in [1.29, 1.82) is 0 Å². The largest absolute Gasteiger partial charge is 0.478 e. The van der Waals surface area contributed by atoms with Crippen molar-refractivity contribution in [2.75, 3.05) is 0 Å². The van der Waals surface area contributed by atoms with Crippen molar-refractivity contribution in [3.8, 4) is 0 Å². The Hall–Kier alpha value is -1.94. The minimum atomic E-state index is -2.68. The first kappa shape index (κ1) is 16.1. The van der Waals surface area contributed by atoms with E-state index in [4.69, 9.17) is 22.3 Å². The molecule has 10 nitrogen and oxygen atoms in total. The molecule has 0 saturated heterocycles. The SMILES string of the molecule is CC(CCC(N=C(N)N)C(N)(O)C(=O)O)[N+](=O)[O-]. The summed E-state index contributed by atoms with van der Waals surface area (Å²) in [5, 5.41) is 28.7. The van der Waals surface area contributed by atoms with E-state index in [-0.39, 0.29) is 12.8 Å². The first-order valence-corrected chi connectivity index (χ1v) is 5.06. The molecular weight excluding hydrogens is 246 g/mol. The van der Waals surface area contributed by atoms with Gasteiger partial charge in [0.1, 0.15) is 6.04 Å². The molecular formula is C8H17N5O5. The van der Waals surface area contributed by atoms with E-state index in [0.717, 1.165) is 0 Å². The average molecular weight is 263 g/mol. The second-order valence-electron chi connectivity index (χ2n) is 3.91. The van der Waals surface area contributed by atoms with Crippen LogP contribution in [0.15, 0.2) is 4.99 Å². The highest BCUT2D eigenvalue weighted by atomic mass is 16.6. The third kappa shape index (κ3) is 4.51. The van der Waals surface area contributed by atoms with Gasteiger partial charge in [-0.3, -0.25) is 15.8 Å². The topological polar surface area (TPSA) is 191 Å². The normalized spacial score (nSPS) is 17.3. The van der Waals surface area contributed by atoms with Crippen molar-refractivity contribution < 1.29 is 19.9 Å². The number of carboxylic acid groups (broad SMARTS) is 1. The van der Waals surface area contributed by atoms with Crippen molar-refractivity contribution in [3.05, 3.63) is 10.1 Å². The molecule has 104 valence electrons. The molecule has 0 saturated carbocycles. The van der Waals surface area contributed by atoms with Gasteiger partial charge in [0.25, 0.3) is 0 Å². The van der Waals surface area contributed by atoms with E-state index in [2.05, 4.69) is 4.99 Å². The van der Waals surface area contributed by atoms with Crippen molar-refractivity contribution in [3.63, 3.8) is 0 Å². The summed E-state index contributed by atoms with van der Waals surface area (Å²) in [5.74, 6) is -2.18. The molecule has 8 N–H and O–H groups in total. The zero-order valence-electron chi connectivity index (χ0n) is 9.81. The van der Waals surface area contributed by atoms with E-state index < -0.39 is 34.7 Å². The Morgan fingerprint density at radius 1 is 1.50 bits per heavy atom. The van der Waals surface area contributed by atoms with Gasteiger partial charge in [-0.1, -0.05) is 0 Å². The maximum absolute atomic E-state index is 10.8. The molecule has 0 amide bonds. The van der Waals surface area contributed by atoms with Crippen molar-refractivity contribution >= 4 is 11.9 Å². The molecule has 3 unspecified atom stereocenters. The Bertz CT molecular complexity index is 352. The summed E-state index contributed by atoms with van der Waals surface area (Å²) < 4.78 is 0. The van der Waals surface area contributed by atoms with Gasteiger partial charge >= 0.3 is 5.97 Å². The van der Waals surface area contributed by atoms with E-state index in [0.29, 0.717) is 0 Å². The monoisotopic (exact) mass is 263 g/mol. The fourth-order valence-corrected chi connectivity index (χ4v) is 1.21. The maximum atomic E-state index is 10.8. The van der Waals surface area contributed by atoms with E-state index in [1.165, 1.54) is 6.92 Å². The number of hydrogen-bond acceptors (Lipinski definition) is 6. The molecule has 0 aliphatic carbocycles. The summed E-state index contributed by atoms with van der Waals surface area (Å²) >= 11 is 0. The molecule has 0 aliphatic rings. The molecule has 0 spiro atoms. The molecule has 0 fully saturated rings. The molecule has 18 heavy (non-hydrogen) atoms. The van der Waals surface area contributed by atoms with Crippen LogP contribution in [-0.2, 0) is 4.79 Å². The summed E-state index contributed by atoms with van der Waals surface area (Å²) in [7, 11) is 0. The van der Waals surface area contributed by atoms with Crippen LogP contribution in [-0.4, -0.2) is 44.9 Å². The summed E-state index contributed by atoms with van der Waals surface area (Å²) in [5.41, 5.74) is 12.7. The molecule has 0 bridgehead atoms. The maximum Gasteiger partial charge on any atom is 0.353 e. The number of carbonyl (C=O) groups is 1. The Balaban J connectivity index is 4.87. The molecule has 0 heterocycles. The van der Waals surface area contributed by atoms with Gasteiger partial charge in [0.2, 0.25) is 11.8 Å². The van der Waals surface area contributed by atoms with Crippen LogP contribution >= 0.6 is 0 Å². The number of hydrogen-bond donors (Lipinski definition) is 5. The third-order valence-corrected chi connectivity index (χ3v) is 2.37. The second-order valence-corrected chi connectivity index (χ2v) is 3.91. The highest BCUT2D eigenvalue weighted by Crippen LogP contribution is 2.16. The van der Waals surface area contributed by atoms with Crippen molar-refractivity contribution in [2.24, 2.45) is 22.2 Å². The molecule has 0 aliphatic heterocycles. The summed E-state index contributed by atoms with van der Waals surface area (Å²) in [6.07, 6.45) is -0.166. The van der Waals surface area contributed by atoms with Crippen LogP contribution in [0.1, 0.15) is 19.8 Å². The Morgan fingerprint density at radius 2 is 2.00 bits per heavy atom. The van der Waals surface area contributed by atoms with Gasteiger partial charge in [0.15, 0.2) is 5.96 Å². The van der Waals surface area contributed by atoms with Crippen LogP contribution in [0.25, 0.3) is 0 Å². The standard InChI is InChI=1S/C8H17N5O5/c1-4(13(17)18)2-3-5(12-7(9)10)8(11,16)6(14)15/h4-5,16H,2-3,11H2,1H3,(H,14,15)(H4,9,10,12). The fourth-order valence-electron chi connectivity index (χ4n) is 1.21. The Morgan fingerprint density at radius 3 is 2.33 bits per heavy atom. The molecule has 0 aromatic carbocycles. The minimum Gasteiger partial charge on any atom is -0.478 e. The summed E-state index contributed by atoms with van der Waals surface area (Å²) in [6, 6.07) is -2.28. The first-order chi connectivity index (χ1) is 8.09. The Kier molecular flexibility index (Phi) is 5.46. The highest BCUT2D eigenvalue weighted by Gasteiger charge is 2.41. The average Bonchev–Trinajstić information content (AvgIpc) is 2.22. The number of carboxylic acids is 1. The summed E-state index contributed by atoms with van der Waals surface area (Å²) in [4.78, 5) is 24.1. The number of aliphatic carboxylic acids is 1. The van der Waals surface area contributed by atoms with Crippen LogP contribution in [0.3, 0.4) is 0 Å². The first-order valence-electron chi connectivity index (χ1n) is 5.06. The lowest BCUT2D eigenvalue weighted by Crippen LogP contribution is -2.57. The van der Waals surface area contributed by atoms with Gasteiger partial charge in [-0.25, -0.2) is 9.79 Å². The second kappa shape index (κ2) is 6.12. The lowest BCUT2D eigenvalue weighted by Gasteiger charge is -2.25. The van der Waals surface area contributed by atoms with E-state index in [1.807, 2.05) is 0 Å². The molecule has 0 radical (unpaired) electrons. The van der Waals surface area contributed by atoms with Gasteiger partial charge in [0, 0.05) is 18.3 Å². The number of aliphatic imine (C=N–C) groups is 1. The van der Waals surface area contributed by atoms with Gasteiger partial charge in [0.05, 0.1) is 0 Å². The number of guanidine groups is 1. The third-order valence-electron chi connectivity index (χ3n) is 2.37. The van der Waals surface area contributed by atoms with Crippen LogP contribution in [0, 0.1) is 10.1 Å². The zero-order chi connectivity index (χ0) is 14.5. The molecule has 3 atom stereocenters. The number of nitrogens with two attached hydrogens (primary N) is 3. The molecule has 0 aromatic heterocycles. The molecule has 0 rings (SSSR count). The number of rotatable bonds is 7. The lowest BCUT2D eigenvalue weighted by atomic mass is 9.98. The highest BCUT2D eigenvalue weighted by molar-refractivity contribution is 5.80. The lowest BCUT2D eigenvalue weighted by molar-refractivity contribution is -0.519. The number of nitro groups is 1. The molecule has 10 heteroatoms. The quantitative estimate of drug-likeness (QED) is 0.112. The van der Waals surface area contributed by atoms with Crippen molar-refractivity contribution in [2.45, 2.75) is 37.6 Å². The zero-order valence-corrected chi connectivity index (χ0v) is 9.81. The fraction of sp³-hybridized carbons (Fsp3) is 0.750. The predicted molar refractivity (Wildman–Crippen MR) is 62.1 cm³/mol. The number of aliphatic hydroxyl groups is 1. The van der Waals surface area contributed by atoms with Crippen LogP contribution < -0.4 is 17.2 Å². The number of nitrogens with zero attached hydrogens (tertiary/aromatic N) is 2. The van der Waals surface area contributed by atoms with E-state index >= 15 is 0 Å². The van der Waals surface area contributed by atoms with Crippen LogP contribution in [0.2, 0.25) is 0 Å². The van der Waals surface area contributed by atoms with Crippen LogP contribution in [0.5, 0.6) is 0 Å². The molecule has 0 aromatic rings. The summed E-state index contributed by atoms with van der Waals surface area (Å²) in [6.45, 7) is 1.34. The van der Waals surface area contributed by atoms with Gasteiger partial charge in [-0.15, -0.1) is 0 Å². The minimum absolute atomic E-state index is 0.0266. The van der Waals surface area contributed by atoms with Gasteiger partial charge in [-0.05, 0) is 6.42 Å². The Labute approximate surface area is 103 Å². The van der Waals surface area contributed by atoms with Crippen molar-refractivity contribution in [1.82, 2.24) is 0 Å². The smallest absolute Gasteiger partial charge is 0.353 e. The predicted octanol–water partition coefficient (Wildman–Crippen LogP) is -2.19.